The summed E-state index contributed by atoms with van der Waals surface area (Å²) in [4.78, 5) is 1.42. The van der Waals surface area contributed by atoms with Crippen LogP contribution in [-0.4, -0.2) is 13.1 Å². The van der Waals surface area contributed by atoms with E-state index in [-0.39, 0.29) is 0 Å². The van der Waals surface area contributed by atoms with Gasteiger partial charge in [-0.3, -0.25) is 0 Å². The van der Waals surface area contributed by atoms with Crippen molar-refractivity contribution in [1.82, 2.24) is 5.32 Å². The van der Waals surface area contributed by atoms with Crippen molar-refractivity contribution >= 4 is 27.3 Å². The van der Waals surface area contributed by atoms with Gasteiger partial charge in [0.15, 0.2) is 0 Å². The third kappa shape index (κ3) is 3.66. The molecular weight excluding hydrogens is 294 g/mol. The molecule has 1 N–H and O–H groups in total. The number of hydrogen-bond donors (Lipinski definition) is 1. The molecule has 0 aliphatic rings. The van der Waals surface area contributed by atoms with E-state index in [2.05, 4.69) is 63.0 Å². The summed E-state index contributed by atoms with van der Waals surface area (Å²) in [7, 11) is 2.04. The first-order chi connectivity index (χ1) is 8.29. The Bertz CT molecular complexity index is 452. The minimum atomic E-state index is 0.493. The number of halogens is 1. The fourth-order valence-electron chi connectivity index (χ4n) is 1.87. The monoisotopic (exact) mass is 309 g/mol. The molecule has 17 heavy (non-hydrogen) atoms. The zero-order valence-corrected chi connectivity index (χ0v) is 12.2. The maximum atomic E-state index is 3.59. The van der Waals surface area contributed by atoms with E-state index in [9.17, 15) is 0 Å². The van der Waals surface area contributed by atoms with Gasteiger partial charge in [-0.2, -0.15) is 0 Å². The van der Waals surface area contributed by atoms with E-state index in [1.807, 2.05) is 18.4 Å². The maximum absolute atomic E-state index is 3.59. The zero-order valence-electron chi connectivity index (χ0n) is 9.82. The van der Waals surface area contributed by atoms with Gasteiger partial charge in [-0.15, -0.1) is 11.3 Å². The number of thiophene rings is 1. The quantitative estimate of drug-likeness (QED) is 0.883. The molecule has 2 rings (SSSR count). The molecule has 2 aromatic rings. The summed E-state index contributed by atoms with van der Waals surface area (Å²) in [6.45, 7) is 0. The lowest BCUT2D eigenvalue weighted by atomic mass is 10.0. The van der Waals surface area contributed by atoms with Gasteiger partial charge in [0.25, 0.3) is 0 Å². The predicted octanol–water partition coefficient (Wildman–Crippen LogP) is 3.88. The molecule has 0 saturated heterocycles. The first kappa shape index (κ1) is 12.8. The van der Waals surface area contributed by atoms with Crippen LogP contribution >= 0.6 is 27.3 Å². The van der Waals surface area contributed by atoms with Crippen molar-refractivity contribution in [3.05, 3.63) is 56.7 Å². The molecule has 0 aliphatic carbocycles. The van der Waals surface area contributed by atoms with Crippen molar-refractivity contribution in [1.29, 1.82) is 0 Å². The van der Waals surface area contributed by atoms with E-state index < -0.39 is 0 Å². The van der Waals surface area contributed by atoms with Crippen LogP contribution in [0, 0.1) is 0 Å². The van der Waals surface area contributed by atoms with Crippen molar-refractivity contribution in [2.45, 2.75) is 18.9 Å². The standard InChI is InChI=1S/C14H16BrNS/c1-16-12(9-11-5-3-2-4-6-11)10-14-13(15)7-8-17-14/h2-8,12,16H,9-10H2,1H3. The maximum Gasteiger partial charge on any atom is 0.0314 e. The van der Waals surface area contributed by atoms with E-state index >= 15 is 0 Å². The Morgan fingerprint density at radius 1 is 1.18 bits per heavy atom. The van der Waals surface area contributed by atoms with Crippen molar-refractivity contribution in [2.24, 2.45) is 0 Å². The molecule has 0 radical (unpaired) electrons. The lowest BCUT2D eigenvalue weighted by Crippen LogP contribution is -2.29. The molecule has 0 amide bonds. The fraction of sp³-hybridized carbons (Fsp3) is 0.286. The van der Waals surface area contributed by atoms with Crippen LogP contribution in [0.15, 0.2) is 46.3 Å². The lowest BCUT2D eigenvalue weighted by molar-refractivity contribution is 0.559. The summed E-state index contributed by atoms with van der Waals surface area (Å²) >= 11 is 5.41. The van der Waals surface area contributed by atoms with Gasteiger partial charge in [0, 0.05) is 15.4 Å². The molecule has 1 nitrogen and oxygen atoms in total. The van der Waals surface area contributed by atoms with Crippen LogP contribution in [0.4, 0.5) is 0 Å². The van der Waals surface area contributed by atoms with Gasteiger partial charge in [-0.1, -0.05) is 30.3 Å². The second-order valence-electron chi connectivity index (χ2n) is 4.07. The van der Waals surface area contributed by atoms with Crippen molar-refractivity contribution in [2.75, 3.05) is 7.05 Å². The third-order valence-corrected chi connectivity index (χ3v) is 4.80. The van der Waals surface area contributed by atoms with Crippen LogP contribution in [0.2, 0.25) is 0 Å². The number of rotatable bonds is 5. The molecule has 90 valence electrons. The Morgan fingerprint density at radius 2 is 1.94 bits per heavy atom. The van der Waals surface area contributed by atoms with Crippen LogP contribution in [0.25, 0.3) is 0 Å². The second-order valence-corrected chi connectivity index (χ2v) is 5.93. The molecule has 1 heterocycles. The zero-order chi connectivity index (χ0) is 12.1. The smallest absolute Gasteiger partial charge is 0.0314 e. The van der Waals surface area contributed by atoms with Gasteiger partial charge < -0.3 is 5.32 Å². The molecule has 1 atom stereocenters. The third-order valence-electron chi connectivity index (χ3n) is 2.86. The Morgan fingerprint density at radius 3 is 2.53 bits per heavy atom. The molecule has 0 spiro atoms. The molecule has 0 aliphatic heterocycles. The summed E-state index contributed by atoms with van der Waals surface area (Å²) in [5.74, 6) is 0. The van der Waals surface area contributed by atoms with Crippen molar-refractivity contribution < 1.29 is 0 Å². The highest BCUT2D eigenvalue weighted by atomic mass is 79.9. The number of benzene rings is 1. The van der Waals surface area contributed by atoms with Crippen LogP contribution in [0.3, 0.4) is 0 Å². The number of hydrogen-bond acceptors (Lipinski definition) is 2. The fourth-order valence-corrected chi connectivity index (χ4v) is 3.47. The lowest BCUT2D eigenvalue weighted by Gasteiger charge is -2.15. The van der Waals surface area contributed by atoms with E-state index in [0.717, 1.165) is 12.8 Å². The largest absolute Gasteiger partial charge is 0.316 e. The summed E-state index contributed by atoms with van der Waals surface area (Å²) in [5.41, 5.74) is 1.39. The highest BCUT2D eigenvalue weighted by Gasteiger charge is 2.11. The second kappa shape index (κ2) is 6.34. The molecule has 0 saturated carbocycles. The van der Waals surface area contributed by atoms with Gasteiger partial charge in [0.2, 0.25) is 0 Å². The Hall–Kier alpha value is -0.640. The van der Waals surface area contributed by atoms with Crippen LogP contribution in [0.1, 0.15) is 10.4 Å². The van der Waals surface area contributed by atoms with Crippen LogP contribution in [0.5, 0.6) is 0 Å². The number of nitrogens with one attached hydrogen (secondary N) is 1. The minimum Gasteiger partial charge on any atom is -0.316 e. The van der Waals surface area contributed by atoms with Crippen LogP contribution < -0.4 is 5.32 Å². The van der Waals surface area contributed by atoms with E-state index in [1.54, 1.807) is 0 Å². The molecule has 3 heteroatoms. The summed E-state index contributed by atoms with van der Waals surface area (Å²) in [5, 5.41) is 5.54. The molecule has 1 aromatic heterocycles. The molecule has 1 unspecified atom stereocenters. The van der Waals surface area contributed by atoms with E-state index in [0.29, 0.717) is 6.04 Å². The molecule has 1 aromatic carbocycles. The average Bonchev–Trinajstić information content (AvgIpc) is 2.75. The van der Waals surface area contributed by atoms with E-state index in [4.69, 9.17) is 0 Å². The number of likely N-dealkylation sites (N-methyl/N-ethyl adjacent to an activating group) is 1. The highest BCUT2D eigenvalue weighted by Crippen LogP contribution is 2.24. The average molecular weight is 310 g/mol. The van der Waals surface area contributed by atoms with Gasteiger partial charge >= 0.3 is 0 Å². The summed E-state index contributed by atoms with van der Waals surface area (Å²) < 4.78 is 1.23. The van der Waals surface area contributed by atoms with Gasteiger partial charge in [-0.25, -0.2) is 0 Å². The van der Waals surface area contributed by atoms with Crippen LogP contribution in [-0.2, 0) is 12.8 Å². The first-order valence-electron chi connectivity index (χ1n) is 5.72. The van der Waals surface area contributed by atoms with Gasteiger partial charge in [0.1, 0.15) is 0 Å². The predicted molar refractivity (Wildman–Crippen MR) is 78.7 cm³/mol. The molecule has 0 fully saturated rings. The van der Waals surface area contributed by atoms with Crippen molar-refractivity contribution in [3.63, 3.8) is 0 Å². The van der Waals surface area contributed by atoms with Gasteiger partial charge in [-0.05, 0) is 52.8 Å². The Kier molecular flexibility index (Phi) is 4.77. The van der Waals surface area contributed by atoms with E-state index in [1.165, 1.54) is 14.9 Å². The highest BCUT2D eigenvalue weighted by molar-refractivity contribution is 9.10. The van der Waals surface area contributed by atoms with Crippen molar-refractivity contribution in [3.8, 4) is 0 Å². The Balaban J connectivity index is 2.00. The summed E-state index contributed by atoms with van der Waals surface area (Å²) in [6.07, 6.45) is 2.14. The SMILES string of the molecule is CNC(Cc1ccccc1)Cc1sccc1Br. The first-order valence-corrected chi connectivity index (χ1v) is 7.40. The topological polar surface area (TPSA) is 12.0 Å². The molecule has 0 bridgehead atoms. The van der Waals surface area contributed by atoms with Gasteiger partial charge in [0.05, 0.1) is 0 Å². The minimum absolute atomic E-state index is 0.493. The normalized spacial score (nSPS) is 12.6. The molecular formula is C14H16BrNS. The Labute approximate surface area is 115 Å². The summed E-state index contributed by atoms with van der Waals surface area (Å²) in [6, 6.07) is 13.3.